The molecule has 1 aromatic rings. The zero-order valence-electron chi connectivity index (χ0n) is 9.78. The number of halogens is 1. The monoisotopic (exact) mass is 237 g/mol. The van der Waals surface area contributed by atoms with Crippen molar-refractivity contribution in [3.63, 3.8) is 0 Å². The Morgan fingerprint density at radius 1 is 1.53 bits per heavy atom. The lowest BCUT2D eigenvalue weighted by atomic mass is 9.81. The van der Waals surface area contributed by atoms with Crippen molar-refractivity contribution in [1.29, 1.82) is 0 Å². The molecule has 1 heterocycles. The SMILES string of the molecule is COC(=O)[C@@H]1CNCC[C@H]1c1cccc(F)c1. The molecule has 1 aliphatic rings. The second-order valence-corrected chi connectivity index (χ2v) is 4.28. The minimum atomic E-state index is -0.260. The first kappa shape index (κ1) is 12.0. The maximum atomic E-state index is 13.2. The second-order valence-electron chi connectivity index (χ2n) is 4.28. The first-order valence-electron chi connectivity index (χ1n) is 5.76. The third kappa shape index (κ3) is 2.64. The molecule has 0 saturated carbocycles. The zero-order valence-corrected chi connectivity index (χ0v) is 9.78. The molecule has 0 radical (unpaired) electrons. The van der Waals surface area contributed by atoms with E-state index in [0.29, 0.717) is 6.54 Å². The van der Waals surface area contributed by atoms with Gasteiger partial charge in [-0.1, -0.05) is 12.1 Å². The van der Waals surface area contributed by atoms with Gasteiger partial charge in [0, 0.05) is 6.54 Å². The van der Waals surface area contributed by atoms with Gasteiger partial charge in [-0.2, -0.15) is 0 Å². The summed E-state index contributed by atoms with van der Waals surface area (Å²) in [6.07, 6.45) is 0.823. The average Bonchev–Trinajstić information content (AvgIpc) is 2.38. The van der Waals surface area contributed by atoms with Crippen molar-refractivity contribution in [2.24, 2.45) is 5.92 Å². The molecule has 0 unspecified atom stereocenters. The molecule has 1 saturated heterocycles. The number of piperidine rings is 1. The van der Waals surface area contributed by atoms with E-state index < -0.39 is 0 Å². The van der Waals surface area contributed by atoms with Gasteiger partial charge in [-0.05, 0) is 36.6 Å². The summed E-state index contributed by atoms with van der Waals surface area (Å²) >= 11 is 0. The number of rotatable bonds is 2. The average molecular weight is 237 g/mol. The Labute approximate surface area is 100.0 Å². The quantitative estimate of drug-likeness (QED) is 0.795. The fraction of sp³-hybridized carbons (Fsp3) is 0.462. The van der Waals surface area contributed by atoms with E-state index in [1.54, 1.807) is 6.07 Å². The largest absolute Gasteiger partial charge is 0.469 e. The van der Waals surface area contributed by atoms with Crippen molar-refractivity contribution < 1.29 is 13.9 Å². The number of benzene rings is 1. The Morgan fingerprint density at radius 3 is 3.06 bits per heavy atom. The maximum Gasteiger partial charge on any atom is 0.310 e. The zero-order chi connectivity index (χ0) is 12.3. The Morgan fingerprint density at radius 2 is 2.35 bits per heavy atom. The van der Waals surface area contributed by atoms with Crippen molar-refractivity contribution in [2.75, 3.05) is 20.2 Å². The van der Waals surface area contributed by atoms with Crippen LogP contribution < -0.4 is 5.32 Å². The molecule has 2 rings (SSSR count). The standard InChI is InChI=1S/C13H16FNO2/c1-17-13(16)12-8-15-6-5-11(12)9-3-2-4-10(14)7-9/h2-4,7,11-12,15H,5-6,8H2,1H3/t11-,12+/m0/s1. The van der Waals surface area contributed by atoms with E-state index >= 15 is 0 Å². The molecule has 1 aliphatic heterocycles. The highest BCUT2D eigenvalue weighted by Gasteiger charge is 2.32. The van der Waals surface area contributed by atoms with Crippen LogP contribution in [-0.4, -0.2) is 26.2 Å². The first-order chi connectivity index (χ1) is 8.22. The Bertz CT molecular complexity index is 408. The molecule has 0 bridgehead atoms. The topological polar surface area (TPSA) is 38.3 Å². The van der Waals surface area contributed by atoms with Crippen LogP contribution in [0, 0.1) is 11.7 Å². The van der Waals surface area contributed by atoms with E-state index in [1.165, 1.54) is 19.2 Å². The van der Waals surface area contributed by atoms with Crippen LogP contribution in [0.2, 0.25) is 0 Å². The highest BCUT2D eigenvalue weighted by molar-refractivity contribution is 5.74. The van der Waals surface area contributed by atoms with Crippen LogP contribution in [0.15, 0.2) is 24.3 Å². The van der Waals surface area contributed by atoms with Gasteiger partial charge in [-0.25, -0.2) is 4.39 Å². The van der Waals surface area contributed by atoms with Gasteiger partial charge >= 0.3 is 5.97 Å². The molecular formula is C13H16FNO2. The fourth-order valence-electron chi connectivity index (χ4n) is 2.39. The summed E-state index contributed by atoms with van der Waals surface area (Å²) in [6, 6.07) is 6.47. The molecule has 0 amide bonds. The van der Waals surface area contributed by atoms with Crippen LogP contribution >= 0.6 is 0 Å². The number of carbonyl (C=O) groups excluding carboxylic acids is 1. The van der Waals surface area contributed by atoms with E-state index in [9.17, 15) is 9.18 Å². The molecule has 1 fully saturated rings. The van der Waals surface area contributed by atoms with Gasteiger partial charge in [0.2, 0.25) is 0 Å². The van der Waals surface area contributed by atoms with Crippen LogP contribution in [0.4, 0.5) is 4.39 Å². The van der Waals surface area contributed by atoms with Crippen LogP contribution in [0.5, 0.6) is 0 Å². The van der Waals surface area contributed by atoms with Gasteiger partial charge in [0.05, 0.1) is 13.0 Å². The summed E-state index contributed by atoms with van der Waals surface area (Å²) in [5, 5.41) is 3.17. The van der Waals surface area contributed by atoms with E-state index in [0.717, 1.165) is 18.5 Å². The maximum absolute atomic E-state index is 13.2. The summed E-state index contributed by atoms with van der Waals surface area (Å²) in [6.45, 7) is 1.43. The highest BCUT2D eigenvalue weighted by Crippen LogP contribution is 2.31. The molecule has 4 heteroatoms. The second kappa shape index (κ2) is 5.27. The Hall–Kier alpha value is -1.42. The van der Waals surface area contributed by atoms with Crippen molar-refractivity contribution in [3.05, 3.63) is 35.6 Å². The molecule has 3 nitrogen and oxygen atoms in total. The summed E-state index contributed by atoms with van der Waals surface area (Å²) in [4.78, 5) is 11.7. The van der Waals surface area contributed by atoms with Gasteiger partial charge in [-0.15, -0.1) is 0 Å². The van der Waals surface area contributed by atoms with Crippen molar-refractivity contribution in [3.8, 4) is 0 Å². The van der Waals surface area contributed by atoms with Crippen LogP contribution in [0.3, 0.4) is 0 Å². The van der Waals surface area contributed by atoms with Crippen molar-refractivity contribution >= 4 is 5.97 Å². The van der Waals surface area contributed by atoms with Gasteiger partial charge in [0.15, 0.2) is 0 Å². The predicted molar refractivity (Wildman–Crippen MR) is 62.1 cm³/mol. The summed E-state index contributed by atoms with van der Waals surface area (Å²) < 4.78 is 18.0. The number of nitrogens with one attached hydrogen (secondary N) is 1. The van der Waals surface area contributed by atoms with E-state index in [4.69, 9.17) is 4.74 Å². The number of carbonyl (C=O) groups is 1. The number of methoxy groups -OCH3 is 1. The summed E-state index contributed by atoms with van der Waals surface area (Å²) in [5.41, 5.74) is 0.877. The lowest BCUT2D eigenvalue weighted by Crippen LogP contribution is -2.40. The number of esters is 1. The summed E-state index contributed by atoms with van der Waals surface area (Å²) in [5.74, 6) is -0.675. The van der Waals surface area contributed by atoms with E-state index in [2.05, 4.69) is 5.32 Å². The Kier molecular flexibility index (Phi) is 3.74. The molecule has 1 aromatic carbocycles. The van der Waals surface area contributed by atoms with Gasteiger partial charge in [-0.3, -0.25) is 4.79 Å². The minimum Gasteiger partial charge on any atom is -0.469 e. The van der Waals surface area contributed by atoms with Crippen LogP contribution in [-0.2, 0) is 9.53 Å². The van der Waals surface area contributed by atoms with Crippen LogP contribution in [0.1, 0.15) is 17.9 Å². The lowest BCUT2D eigenvalue weighted by Gasteiger charge is -2.30. The third-order valence-electron chi connectivity index (χ3n) is 3.26. The van der Waals surface area contributed by atoms with Gasteiger partial charge in [0.25, 0.3) is 0 Å². The molecule has 0 spiro atoms. The van der Waals surface area contributed by atoms with Crippen molar-refractivity contribution in [2.45, 2.75) is 12.3 Å². The highest BCUT2D eigenvalue weighted by atomic mass is 19.1. The lowest BCUT2D eigenvalue weighted by molar-refractivity contribution is -0.146. The third-order valence-corrected chi connectivity index (χ3v) is 3.26. The number of ether oxygens (including phenoxy) is 1. The van der Waals surface area contributed by atoms with Crippen molar-refractivity contribution in [1.82, 2.24) is 5.32 Å². The van der Waals surface area contributed by atoms with Crippen LogP contribution in [0.25, 0.3) is 0 Å². The molecule has 0 aromatic heterocycles. The predicted octanol–water partition coefficient (Wildman–Crippen LogP) is 1.69. The molecule has 17 heavy (non-hydrogen) atoms. The first-order valence-corrected chi connectivity index (χ1v) is 5.76. The fourth-order valence-corrected chi connectivity index (χ4v) is 2.39. The van der Waals surface area contributed by atoms with E-state index in [1.807, 2.05) is 6.07 Å². The van der Waals surface area contributed by atoms with Gasteiger partial charge in [0.1, 0.15) is 5.82 Å². The molecule has 92 valence electrons. The number of hydrogen-bond acceptors (Lipinski definition) is 3. The number of hydrogen-bond donors (Lipinski definition) is 1. The normalized spacial score (nSPS) is 24.4. The molecule has 1 N–H and O–H groups in total. The van der Waals surface area contributed by atoms with Gasteiger partial charge < -0.3 is 10.1 Å². The Balaban J connectivity index is 2.24. The van der Waals surface area contributed by atoms with E-state index in [-0.39, 0.29) is 23.6 Å². The molecule has 0 aliphatic carbocycles. The smallest absolute Gasteiger partial charge is 0.310 e. The summed E-state index contributed by atoms with van der Waals surface area (Å²) in [7, 11) is 1.39. The molecular weight excluding hydrogens is 221 g/mol. The minimum absolute atomic E-state index is 0.0411. The molecule has 2 atom stereocenters.